The first-order valence-electron chi connectivity index (χ1n) is 7.12. The Hall–Kier alpha value is -1.82. The third kappa shape index (κ3) is 2.31. The van der Waals surface area contributed by atoms with E-state index in [9.17, 15) is 0 Å². The van der Waals surface area contributed by atoms with E-state index in [0.717, 1.165) is 67.0 Å². The largest absolute Gasteiger partial charge is 0.466 e. The molecule has 2 aromatic rings. The lowest BCUT2D eigenvalue weighted by molar-refractivity contribution is 0.503. The van der Waals surface area contributed by atoms with Crippen LogP contribution in [0.4, 0.5) is 5.95 Å². The van der Waals surface area contributed by atoms with Crippen molar-refractivity contribution < 1.29 is 4.42 Å². The Morgan fingerprint density at radius 3 is 2.70 bits per heavy atom. The molecule has 0 bridgehead atoms. The van der Waals surface area contributed by atoms with Crippen molar-refractivity contribution in [2.75, 3.05) is 31.1 Å². The molecule has 0 radical (unpaired) electrons. The van der Waals surface area contributed by atoms with Crippen LogP contribution in [0.3, 0.4) is 0 Å². The number of nitrogens with zero attached hydrogens (tertiary/aromatic N) is 3. The topological polar surface area (TPSA) is 70.0 Å². The van der Waals surface area contributed by atoms with E-state index in [-0.39, 0.29) is 0 Å². The minimum atomic E-state index is 0.779. The number of anilines is 1. The van der Waals surface area contributed by atoms with Crippen molar-refractivity contribution in [3.05, 3.63) is 17.1 Å². The summed E-state index contributed by atoms with van der Waals surface area (Å²) in [5.74, 6) is 3.40. The minimum absolute atomic E-state index is 0.779. The lowest BCUT2D eigenvalue weighted by Crippen LogP contribution is -2.28. The van der Waals surface area contributed by atoms with Crippen molar-refractivity contribution in [3.8, 4) is 11.4 Å². The maximum atomic E-state index is 5.66. The molecule has 3 heterocycles. The number of aromatic amines is 1. The van der Waals surface area contributed by atoms with Crippen LogP contribution in [-0.2, 0) is 0 Å². The van der Waals surface area contributed by atoms with Gasteiger partial charge in [-0.3, -0.25) is 5.10 Å². The van der Waals surface area contributed by atoms with Crippen LogP contribution >= 0.6 is 0 Å². The molecule has 0 amide bonds. The second-order valence-electron chi connectivity index (χ2n) is 5.29. The zero-order valence-corrected chi connectivity index (χ0v) is 12.3. The molecule has 1 aliphatic rings. The summed E-state index contributed by atoms with van der Waals surface area (Å²) in [5, 5.41) is 10.8. The standard InChI is InChI=1S/C14H21N5O/c1-9-10(2)20-11(3)12(9)13-16-14(18-17-13)19-7-4-5-15-6-8-19/h15H,4-8H2,1-3H3,(H,16,17,18). The Morgan fingerprint density at radius 1 is 1.10 bits per heavy atom. The van der Waals surface area contributed by atoms with E-state index in [2.05, 4.69) is 32.3 Å². The van der Waals surface area contributed by atoms with E-state index < -0.39 is 0 Å². The first-order chi connectivity index (χ1) is 9.66. The summed E-state index contributed by atoms with van der Waals surface area (Å²) in [6, 6.07) is 0. The number of hydrogen-bond acceptors (Lipinski definition) is 5. The highest BCUT2D eigenvalue weighted by molar-refractivity contribution is 5.64. The molecular weight excluding hydrogens is 254 g/mol. The lowest BCUT2D eigenvalue weighted by atomic mass is 10.1. The maximum absolute atomic E-state index is 5.66. The van der Waals surface area contributed by atoms with Crippen LogP contribution in [0.15, 0.2) is 4.42 Å². The van der Waals surface area contributed by atoms with Crippen molar-refractivity contribution in [2.24, 2.45) is 0 Å². The molecular formula is C14H21N5O. The maximum Gasteiger partial charge on any atom is 0.245 e. The van der Waals surface area contributed by atoms with Gasteiger partial charge in [-0.25, -0.2) is 0 Å². The van der Waals surface area contributed by atoms with Crippen molar-refractivity contribution in [2.45, 2.75) is 27.2 Å². The van der Waals surface area contributed by atoms with Gasteiger partial charge in [-0.1, -0.05) is 0 Å². The fourth-order valence-electron chi connectivity index (χ4n) is 2.69. The third-order valence-corrected chi connectivity index (χ3v) is 3.89. The molecule has 0 aromatic carbocycles. The third-order valence-electron chi connectivity index (χ3n) is 3.89. The average Bonchev–Trinajstić information content (AvgIpc) is 2.85. The molecule has 0 unspecified atom stereocenters. The predicted octanol–water partition coefficient (Wildman–Crippen LogP) is 1.79. The van der Waals surface area contributed by atoms with Crippen LogP contribution < -0.4 is 10.2 Å². The monoisotopic (exact) mass is 275 g/mol. The molecule has 1 fully saturated rings. The number of furan rings is 1. The van der Waals surface area contributed by atoms with Crippen LogP contribution in [0.5, 0.6) is 0 Å². The molecule has 2 aromatic heterocycles. The Bertz CT molecular complexity index is 593. The summed E-state index contributed by atoms with van der Waals surface area (Å²) in [7, 11) is 0. The summed E-state index contributed by atoms with van der Waals surface area (Å²) >= 11 is 0. The smallest absolute Gasteiger partial charge is 0.245 e. The summed E-state index contributed by atoms with van der Waals surface area (Å²) in [6.07, 6.45) is 1.12. The van der Waals surface area contributed by atoms with Gasteiger partial charge in [0.05, 0.1) is 5.56 Å². The predicted molar refractivity (Wildman–Crippen MR) is 78.0 cm³/mol. The molecule has 0 spiro atoms. The molecule has 6 heteroatoms. The van der Waals surface area contributed by atoms with Gasteiger partial charge >= 0.3 is 0 Å². The molecule has 20 heavy (non-hydrogen) atoms. The second-order valence-corrected chi connectivity index (χ2v) is 5.29. The molecule has 2 N–H and O–H groups in total. The van der Waals surface area contributed by atoms with Crippen LogP contribution in [0.1, 0.15) is 23.5 Å². The van der Waals surface area contributed by atoms with Gasteiger partial charge < -0.3 is 14.6 Å². The summed E-state index contributed by atoms with van der Waals surface area (Å²) in [4.78, 5) is 6.87. The lowest BCUT2D eigenvalue weighted by Gasteiger charge is -2.16. The number of rotatable bonds is 2. The quantitative estimate of drug-likeness (QED) is 0.874. The molecule has 0 saturated carbocycles. The highest BCUT2D eigenvalue weighted by atomic mass is 16.3. The van der Waals surface area contributed by atoms with Gasteiger partial charge in [0, 0.05) is 25.2 Å². The number of H-pyrrole nitrogens is 1. The SMILES string of the molecule is Cc1oc(C)c(-c2nc(N3CCCNCC3)n[nH]2)c1C. The first kappa shape index (κ1) is 13.2. The van der Waals surface area contributed by atoms with Gasteiger partial charge in [0.2, 0.25) is 5.95 Å². The summed E-state index contributed by atoms with van der Waals surface area (Å²) in [5.41, 5.74) is 2.16. The molecule has 108 valence electrons. The van der Waals surface area contributed by atoms with Gasteiger partial charge in [-0.2, -0.15) is 4.98 Å². The number of nitrogens with one attached hydrogen (secondary N) is 2. The van der Waals surface area contributed by atoms with Gasteiger partial charge in [-0.05, 0) is 33.7 Å². The van der Waals surface area contributed by atoms with E-state index >= 15 is 0 Å². The Balaban J connectivity index is 1.89. The summed E-state index contributed by atoms with van der Waals surface area (Å²) in [6.45, 7) is 9.97. The van der Waals surface area contributed by atoms with Gasteiger partial charge in [0.1, 0.15) is 11.5 Å². The minimum Gasteiger partial charge on any atom is -0.466 e. The fourth-order valence-corrected chi connectivity index (χ4v) is 2.69. The first-order valence-corrected chi connectivity index (χ1v) is 7.12. The molecule has 3 rings (SSSR count). The van der Waals surface area contributed by atoms with E-state index in [1.807, 2.05) is 13.8 Å². The summed E-state index contributed by atoms with van der Waals surface area (Å²) < 4.78 is 5.66. The van der Waals surface area contributed by atoms with E-state index in [1.165, 1.54) is 0 Å². The number of aryl methyl sites for hydroxylation is 2. The van der Waals surface area contributed by atoms with Gasteiger partial charge in [-0.15, -0.1) is 5.10 Å². The van der Waals surface area contributed by atoms with Gasteiger partial charge in [0.15, 0.2) is 5.82 Å². The Kier molecular flexibility index (Phi) is 3.48. The van der Waals surface area contributed by atoms with Gasteiger partial charge in [0.25, 0.3) is 0 Å². The molecule has 1 aliphatic heterocycles. The molecule has 0 aliphatic carbocycles. The Morgan fingerprint density at radius 2 is 1.95 bits per heavy atom. The van der Waals surface area contributed by atoms with Crippen molar-refractivity contribution in [1.29, 1.82) is 0 Å². The van der Waals surface area contributed by atoms with Crippen molar-refractivity contribution in [1.82, 2.24) is 20.5 Å². The van der Waals surface area contributed by atoms with Crippen molar-refractivity contribution in [3.63, 3.8) is 0 Å². The van der Waals surface area contributed by atoms with E-state index in [0.29, 0.717) is 0 Å². The van der Waals surface area contributed by atoms with Crippen LogP contribution in [0.2, 0.25) is 0 Å². The van der Waals surface area contributed by atoms with Crippen LogP contribution in [0.25, 0.3) is 11.4 Å². The zero-order chi connectivity index (χ0) is 14.1. The van der Waals surface area contributed by atoms with Crippen molar-refractivity contribution >= 4 is 5.95 Å². The van der Waals surface area contributed by atoms with E-state index in [4.69, 9.17) is 4.42 Å². The normalized spacial score (nSPS) is 16.4. The van der Waals surface area contributed by atoms with Crippen LogP contribution in [0, 0.1) is 20.8 Å². The average molecular weight is 275 g/mol. The number of hydrogen-bond donors (Lipinski definition) is 2. The fraction of sp³-hybridized carbons (Fsp3) is 0.571. The molecule has 1 saturated heterocycles. The highest BCUT2D eigenvalue weighted by Crippen LogP contribution is 2.29. The Labute approximate surface area is 118 Å². The van der Waals surface area contributed by atoms with Crippen LogP contribution in [-0.4, -0.2) is 41.4 Å². The highest BCUT2D eigenvalue weighted by Gasteiger charge is 2.19. The molecule has 0 atom stereocenters. The number of aromatic nitrogens is 3. The zero-order valence-electron chi connectivity index (χ0n) is 12.3. The van der Waals surface area contributed by atoms with E-state index in [1.54, 1.807) is 0 Å². The second kappa shape index (κ2) is 5.28. The molecule has 6 nitrogen and oxygen atoms in total.